The Bertz CT molecular complexity index is 565. The second kappa shape index (κ2) is 32.4. The number of hydrogen-bond acceptors (Lipinski definition) is 12. The van der Waals surface area contributed by atoms with Crippen molar-refractivity contribution >= 4 is 24.4 Å². The number of ether oxygens (including phenoxy) is 8. The molecule has 0 fully saturated rings. The van der Waals surface area contributed by atoms with Gasteiger partial charge in [-0.25, -0.2) is 0 Å². The molecule has 40 heavy (non-hydrogen) atoms. The summed E-state index contributed by atoms with van der Waals surface area (Å²) in [7, 11) is 0. The molecule has 0 bridgehead atoms. The first-order valence-electron chi connectivity index (χ1n) is 14.1. The van der Waals surface area contributed by atoms with Crippen molar-refractivity contribution in [3.05, 3.63) is 0 Å². The second-order valence-electron chi connectivity index (χ2n) is 8.62. The lowest BCUT2D eigenvalue weighted by molar-refractivity contribution is -0.126. The molecular formula is C26H53N3O10S. The molecule has 14 heteroatoms. The van der Waals surface area contributed by atoms with Crippen LogP contribution in [0.4, 0.5) is 0 Å². The van der Waals surface area contributed by atoms with Gasteiger partial charge in [0.05, 0.1) is 112 Å². The lowest BCUT2D eigenvalue weighted by Gasteiger charge is -2.09. The Morgan fingerprint density at radius 1 is 0.600 bits per heavy atom. The van der Waals surface area contributed by atoms with Crippen LogP contribution < -0.4 is 16.4 Å². The summed E-state index contributed by atoms with van der Waals surface area (Å²) in [4.78, 5) is 23.4. The summed E-state index contributed by atoms with van der Waals surface area (Å²) in [6.45, 7) is 10.2. The molecule has 0 aliphatic heterocycles. The van der Waals surface area contributed by atoms with Crippen molar-refractivity contribution in [2.75, 3.05) is 125 Å². The number of rotatable bonds is 32. The second-order valence-corrected chi connectivity index (χ2v) is 9.07. The quantitative estimate of drug-likeness (QED) is 0.0599. The fourth-order valence-electron chi connectivity index (χ4n) is 2.85. The highest BCUT2D eigenvalue weighted by atomic mass is 32.1. The maximum atomic E-state index is 11.7. The smallest absolute Gasteiger partial charge is 0.239 e. The molecule has 0 aromatic heterocycles. The average Bonchev–Trinajstić information content (AvgIpc) is 2.94. The highest BCUT2D eigenvalue weighted by molar-refractivity contribution is 7.80. The van der Waals surface area contributed by atoms with Gasteiger partial charge in [-0.2, -0.15) is 12.6 Å². The molecule has 0 rings (SSSR count). The van der Waals surface area contributed by atoms with Gasteiger partial charge in [-0.15, -0.1) is 0 Å². The minimum absolute atomic E-state index is 0.0415. The van der Waals surface area contributed by atoms with Crippen molar-refractivity contribution < 1.29 is 47.5 Å². The van der Waals surface area contributed by atoms with E-state index >= 15 is 0 Å². The number of nitrogens with one attached hydrogen (secondary N) is 2. The standard InChI is InChI=1S/C26H53N3O10S/c1-24(27)3-2-5-28-26(31)23-29-25(30)4-6-32-7-8-33-9-10-34-11-12-35-13-14-36-15-16-37-17-18-38-19-20-39-21-22-40/h24,40H,2-23,27H2,1H3,(H,28,31)(H,29,30)/t24-/m1/s1. The van der Waals surface area contributed by atoms with Crippen LogP contribution in [0.5, 0.6) is 0 Å². The molecule has 0 aliphatic rings. The molecule has 1 atom stereocenters. The summed E-state index contributed by atoms with van der Waals surface area (Å²) in [6.07, 6.45) is 1.84. The van der Waals surface area contributed by atoms with Gasteiger partial charge in [0, 0.05) is 24.8 Å². The highest BCUT2D eigenvalue weighted by Gasteiger charge is 2.05. The Balaban J connectivity index is 3.19. The summed E-state index contributed by atoms with van der Waals surface area (Å²) in [5, 5.41) is 5.31. The number of carbonyl (C=O) groups is 2. The first kappa shape index (κ1) is 38.9. The number of hydrogen-bond donors (Lipinski definition) is 4. The fourth-order valence-corrected chi connectivity index (χ4v) is 2.98. The lowest BCUT2D eigenvalue weighted by atomic mass is 10.2. The monoisotopic (exact) mass is 599 g/mol. The van der Waals surface area contributed by atoms with Crippen LogP contribution in [0.3, 0.4) is 0 Å². The van der Waals surface area contributed by atoms with E-state index in [0.29, 0.717) is 111 Å². The van der Waals surface area contributed by atoms with Crippen LogP contribution in [0.1, 0.15) is 26.2 Å². The Morgan fingerprint density at radius 2 is 0.975 bits per heavy atom. The summed E-state index contributed by atoms with van der Waals surface area (Å²) in [5.74, 6) is 0.264. The molecule has 238 valence electrons. The van der Waals surface area contributed by atoms with Crippen LogP contribution in [-0.4, -0.2) is 142 Å². The van der Waals surface area contributed by atoms with Crippen molar-refractivity contribution in [3.63, 3.8) is 0 Å². The van der Waals surface area contributed by atoms with Crippen LogP contribution in [-0.2, 0) is 47.5 Å². The van der Waals surface area contributed by atoms with Crippen molar-refractivity contribution in [2.24, 2.45) is 5.73 Å². The van der Waals surface area contributed by atoms with E-state index in [9.17, 15) is 9.59 Å². The number of thiol groups is 1. The highest BCUT2D eigenvalue weighted by Crippen LogP contribution is 1.91. The fraction of sp³-hybridized carbons (Fsp3) is 0.923. The Hall–Kier alpha value is -1.07. The van der Waals surface area contributed by atoms with E-state index in [1.165, 1.54) is 0 Å². The zero-order valence-corrected chi connectivity index (χ0v) is 25.1. The van der Waals surface area contributed by atoms with Crippen molar-refractivity contribution in [1.82, 2.24) is 10.6 Å². The van der Waals surface area contributed by atoms with Gasteiger partial charge >= 0.3 is 0 Å². The third kappa shape index (κ3) is 33.1. The van der Waals surface area contributed by atoms with Gasteiger partial charge < -0.3 is 54.3 Å². The Kier molecular flexibility index (Phi) is 31.6. The van der Waals surface area contributed by atoms with E-state index in [1.807, 2.05) is 6.92 Å². The molecule has 0 spiro atoms. The molecule has 0 heterocycles. The lowest BCUT2D eigenvalue weighted by Crippen LogP contribution is -2.37. The van der Waals surface area contributed by atoms with Gasteiger partial charge in [0.25, 0.3) is 0 Å². The predicted octanol–water partition coefficient (Wildman–Crippen LogP) is -0.201. The third-order valence-corrected chi connectivity index (χ3v) is 5.10. The molecule has 0 radical (unpaired) electrons. The maximum absolute atomic E-state index is 11.7. The van der Waals surface area contributed by atoms with Gasteiger partial charge in [0.2, 0.25) is 11.8 Å². The van der Waals surface area contributed by atoms with E-state index in [2.05, 4.69) is 23.3 Å². The van der Waals surface area contributed by atoms with Crippen molar-refractivity contribution in [2.45, 2.75) is 32.2 Å². The Morgan fingerprint density at radius 3 is 1.35 bits per heavy atom. The van der Waals surface area contributed by atoms with Crippen LogP contribution in [0.2, 0.25) is 0 Å². The van der Waals surface area contributed by atoms with Gasteiger partial charge in [0.15, 0.2) is 0 Å². The van der Waals surface area contributed by atoms with Gasteiger partial charge in [0.1, 0.15) is 0 Å². The van der Waals surface area contributed by atoms with Crippen molar-refractivity contribution in [3.8, 4) is 0 Å². The zero-order chi connectivity index (χ0) is 29.4. The number of carbonyl (C=O) groups excluding carboxylic acids is 2. The van der Waals surface area contributed by atoms with Gasteiger partial charge in [-0.3, -0.25) is 9.59 Å². The molecule has 0 saturated heterocycles. The van der Waals surface area contributed by atoms with Crippen LogP contribution in [0.15, 0.2) is 0 Å². The number of amides is 2. The first-order valence-corrected chi connectivity index (χ1v) is 14.7. The molecule has 0 saturated carbocycles. The molecule has 0 aromatic rings. The van der Waals surface area contributed by atoms with E-state index in [-0.39, 0.29) is 37.4 Å². The predicted molar refractivity (Wildman–Crippen MR) is 154 cm³/mol. The summed E-state index contributed by atoms with van der Waals surface area (Å²) in [5.41, 5.74) is 5.65. The van der Waals surface area contributed by atoms with Crippen LogP contribution in [0, 0.1) is 0 Å². The minimum Gasteiger partial charge on any atom is -0.379 e. The van der Waals surface area contributed by atoms with E-state index in [0.717, 1.165) is 12.8 Å². The summed E-state index contributed by atoms with van der Waals surface area (Å²) >= 11 is 4.06. The van der Waals surface area contributed by atoms with Crippen LogP contribution in [0.25, 0.3) is 0 Å². The van der Waals surface area contributed by atoms with Gasteiger partial charge in [-0.05, 0) is 19.8 Å². The molecule has 2 amide bonds. The summed E-state index contributed by atoms with van der Waals surface area (Å²) in [6, 6.07) is 0.117. The van der Waals surface area contributed by atoms with E-state index < -0.39 is 0 Å². The molecule has 13 nitrogen and oxygen atoms in total. The first-order chi connectivity index (χ1) is 19.6. The SMILES string of the molecule is C[C@@H](N)CCCNC(=O)CNC(=O)CCOCCOCCOCCOCCOCCOCCOCCOCCS. The van der Waals surface area contributed by atoms with E-state index in [4.69, 9.17) is 43.6 Å². The normalized spacial score (nSPS) is 12.0. The molecular weight excluding hydrogens is 546 g/mol. The van der Waals surface area contributed by atoms with E-state index in [1.54, 1.807) is 0 Å². The topological polar surface area (TPSA) is 158 Å². The Labute approximate surface area is 245 Å². The third-order valence-electron chi connectivity index (χ3n) is 4.92. The van der Waals surface area contributed by atoms with Crippen LogP contribution >= 0.6 is 12.6 Å². The minimum atomic E-state index is -0.234. The van der Waals surface area contributed by atoms with Crippen molar-refractivity contribution in [1.29, 1.82) is 0 Å². The molecule has 0 unspecified atom stereocenters. The maximum Gasteiger partial charge on any atom is 0.239 e. The average molecular weight is 600 g/mol. The zero-order valence-electron chi connectivity index (χ0n) is 24.2. The molecule has 0 aromatic carbocycles. The molecule has 4 N–H and O–H groups in total. The van der Waals surface area contributed by atoms with Gasteiger partial charge in [-0.1, -0.05) is 0 Å². The molecule has 0 aliphatic carbocycles. The number of nitrogens with two attached hydrogens (primary N) is 1. The summed E-state index contributed by atoms with van der Waals surface area (Å²) < 4.78 is 43.1. The largest absolute Gasteiger partial charge is 0.379 e.